The summed E-state index contributed by atoms with van der Waals surface area (Å²) in [5, 5.41) is 4.81. The first-order valence-corrected chi connectivity index (χ1v) is 8.68. The lowest BCUT2D eigenvalue weighted by Gasteiger charge is -2.22. The molecule has 1 N–H and O–H groups in total. The molecule has 0 spiro atoms. The van der Waals surface area contributed by atoms with Gasteiger partial charge in [0.2, 0.25) is 0 Å². The summed E-state index contributed by atoms with van der Waals surface area (Å²) in [5.41, 5.74) is 0.991. The normalized spacial score (nSPS) is 11.3. The van der Waals surface area contributed by atoms with Crippen LogP contribution in [-0.2, 0) is 0 Å². The Hall–Kier alpha value is -1.38. The van der Waals surface area contributed by atoms with Gasteiger partial charge in [0.05, 0.1) is 0 Å². The molecule has 0 atom stereocenters. The summed E-state index contributed by atoms with van der Waals surface area (Å²) in [5.74, 6) is 0.815. The lowest BCUT2D eigenvalue weighted by Crippen LogP contribution is -2.25. The van der Waals surface area contributed by atoms with Crippen LogP contribution in [0.15, 0.2) is 48.5 Å². The zero-order chi connectivity index (χ0) is 18.4. The number of rotatable bonds is 2. The Morgan fingerprint density at radius 1 is 0.792 bits per heavy atom. The maximum Gasteiger partial charge on any atom is 0.121 e. The first-order valence-electron chi connectivity index (χ1n) is 7.93. The van der Waals surface area contributed by atoms with Crippen LogP contribution in [0.5, 0.6) is 5.75 Å². The number of hydrogen-bond acceptors (Lipinski definition) is 2. The molecule has 0 radical (unpaired) electrons. The predicted molar refractivity (Wildman–Crippen MR) is 107 cm³/mol. The van der Waals surface area contributed by atoms with E-state index in [1.807, 2.05) is 69.3 Å². The van der Waals surface area contributed by atoms with Crippen molar-refractivity contribution >= 4 is 28.9 Å². The molecule has 0 amide bonds. The summed E-state index contributed by atoms with van der Waals surface area (Å²) in [6, 6.07) is 15.2. The minimum atomic E-state index is -0.162. The van der Waals surface area contributed by atoms with Crippen molar-refractivity contribution in [3.8, 4) is 5.75 Å². The standard InChI is InChI=1S/C10H14ClN.C10H13ClO/c2*1-10(2,3)12-9-6-4-5-8(11)7-9/h4-7,12H,1-3H3;4-7H,1-3H3. The van der Waals surface area contributed by atoms with Gasteiger partial charge in [0.15, 0.2) is 0 Å². The molecule has 0 aliphatic carbocycles. The highest BCUT2D eigenvalue weighted by Gasteiger charge is 2.11. The molecule has 0 bridgehead atoms. The van der Waals surface area contributed by atoms with Crippen molar-refractivity contribution in [2.45, 2.75) is 52.7 Å². The summed E-state index contributed by atoms with van der Waals surface area (Å²) < 4.78 is 5.60. The zero-order valence-electron chi connectivity index (χ0n) is 15.3. The van der Waals surface area contributed by atoms with Crippen molar-refractivity contribution in [3.05, 3.63) is 58.6 Å². The van der Waals surface area contributed by atoms with Gasteiger partial charge in [-0.05, 0) is 77.9 Å². The molecule has 0 aliphatic heterocycles. The van der Waals surface area contributed by atoms with Gasteiger partial charge in [-0.15, -0.1) is 0 Å². The second-order valence-electron chi connectivity index (χ2n) is 7.56. The van der Waals surface area contributed by atoms with Gasteiger partial charge in [-0.1, -0.05) is 35.3 Å². The van der Waals surface area contributed by atoms with E-state index < -0.39 is 0 Å². The van der Waals surface area contributed by atoms with Crippen LogP contribution >= 0.6 is 23.2 Å². The average Bonchev–Trinajstić information content (AvgIpc) is 2.35. The molecule has 0 unspecified atom stereocenters. The molecule has 132 valence electrons. The van der Waals surface area contributed by atoms with Crippen LogP contribution in [-0.4, -0.2) is 11.1 Å². The van der Waals surface area contributed by atoms with E-state index >= 15 is 0 Å². The van der Waals surface area contributed by atoms with E-state index in [1.165, 1.54) is 0 Å². The quantitative estimate of drug-likeness (QED) is 0.612. The smallest absolute Gasteiger partial charge is 0.121 e. The molecule has 4 heteroatoms. The highest BCUT2D eigenvalue weighted by molar-refractivity contribution is 6.31. The molecule has 0 aromatic heterocycles. The van der Waals surface area contributed by atoms with Crippen LogP contribution < -0.4 is 10.1 Å². The maximum atomic E-state index is 5.83. The fraction of sp³-hybridized carbons (Fsp3) is 0.400. The Bertz CT molecular complexity index is 585. The Labute approximate surface area is 156 Å². The van der Waals surface area contributed by atoms with E-state index in [2.05, 4.69) is 26.1 Å². The molecule has 0 saturated carbocycles. The topological polar surface area (TPSA) is 21.3 Å². The van der Waals surface area contributed by atoms with Gasteiger partial charge in [-0.2, -0.15) is 0 Å². The Morgan fingerprint density at radius 2 is 1.33 bits per heavy atom. The van der Waals surface area contributed by atoms with Crippen molar-refractivity contribution in [1.29, 1.82) is 0 Å². The van der Waals surface area contributed by atoms with Gasteiger partial charge in [0.25, 0.3) is 0 Å². The summed E-state index contributed by atoms with van der Waals surface area (Å²) >= 11 is 11.6. The lowest BCUT2D eigenvalue weighted by molar-refractivity contribution is 0.131. The number of hydrogen-bond donors (Lipinski definition) is 1. The van der Waals surface area contributed by atoms with Gasteiger partial charge in [0, 0.05) is 21.3 Å². The molecule has 2 aromatic rings. The number of anilines is 1. The van der Waals surface area contributed by atoms with Gasteiger partial charge in [-0.3, -0.25) is 0 Å². The largest absolute Gasteiger partial charge is 0.488 e. The first kappa shape index (κ1) is 20.7. The zero-order valence-corrected chi connectivity index (χ0v) is 16.8. The van der Waals surface area contributed by atoms with Crippen LogP contribution in [0.4, 0.5) is 5.69 Å². The third kappa shape index (κ3) is 9.69. The predicted octanol–water partition coefficient (Wildman–Crippen LogP) is 7.07. The van der Waals surface area contributed by atoms with Gasteiger partial charge < -0.3 is 10.1 Å². The Kier molecular flexibility index (Phi) is 7.44. The molecule has 0 fully saturated rings. The average molecular weight is 368 g/mol. The fourth-order valence-electron chi connectivity index (χ4n) is 1.88. The molecule has 0 saturated heterocycles. The second-order valence-corrected chi connectivity index (χ2v) is 8.43. The summed E-state index contributed by atoms with van der Waals surface area (Å²) in [6.07, 6.45) is 0. The van der Waals surface area contributed by atoms with E-state index in [9.17, 15) is 0 Å². The Morgan fingerprint density at radius 3 is 1.79 bits per heavy atom. The number of nitrogens with one attached hydrogen (secondary N) is 1. The minimum Gasteiger partial charge on any atom is -0.488 e. The SMILES string of the molecule is CC(C)(C)Nc1cccc(Cl)c1.CC(C)(C)Oc1cccc(Cl)c1. The van der Waals surface area contributed by atoms with E-state index in [-0.39, 0.29) is 11.1 Å². The van der Waals surface area contributed by atoms with Gasteiger partial charge in [-0.25, -0.2) is 0 Å². The van der Waals surface area contributed by atoms with E-state index in [1.54, 1.807) is 0 Å². The number of ether oxygens (including phenoxy) is 1. The van der Waals surface area contributed by atoms with E-state index in [4.69, 9.17) is 27.9 Å². The molecule has 24 heavy (non-hydrogen) atoms. The van der Waals surface area contributed by atoms with Crippen molar-refractivity contribution in [3.63, 3.8) is 0 Å². The third-order valence-corrected chi connectivity index (χ3v) is 3.03. The minimum absolute atomic E-state index is 0.0880. The highest BCUT2D eigenvalue weighted by Crippen LogP contribution is 2.21. The molecule has 0 heterocycles. The first-order chi connectivity index (χ1) is 10.9. The van der Waals surface area contributed by atoms with Crippen molar-refractivity contribution in [2.75, 3.05) is 5.32 Å². The number of halogens is 2. The van der Waals surface area contributed by atoms with E-state index in [0.717, 1.165) is 16.5 Å². The lowest BCUT2D eigenvalue weighted by atomic mass is 10.1. The van der Waals surface area contributed by atoms with Crippen molar-refractivity contribution < 1.29 is 4.74 Å². The van der Waals surface area contributed by atoms with Gasteiger partial charge >= 0.3 is 0 Å². The fourth-order valence-corrected chi connectivity index (χ4v) is 2.25. The van der Waals surface area contributed by atoms with Crippen LogP contribution in [0.1, 0.15) is 41.5 Å². The third-order valence-electron chi connectivity index (χ3n) is 2.56. The molecular formula is C20H27Cl2NO. The van der Waals surface area contributed by atoms with Crippen LogP contribution in [0.3, 0.4) is 0 Å². The summed E-state index contributed by atoms with van der Waals surface area (Å²) in [6.45, 7) is 12.4. The molecule has 2 aromatic carbocycles. The Balaban J connectivity index is 0.000000240. The molecule has 2 rings (SSSR count). The van der Waals surface area contributed by atoms with Gasteiger partial charge in [0.1, 0.15) is 11.4 Å². The molecule has 0 aliphatic rings. The van der Waals surface area contributed by atoms with Crippen LogP contribution in [0.25, 0.3) is 0 Å². The van der Waals surface area contributed by atoms with Crippen molar-refractivity contribution in [2.24, 2.45) is 0 Å². The molecule has 2 nitrogen and oxygen atoms in total. The summed E-state index contributed by atoms with van der Waals surface area (Å²) in [4.78, 5) is 0. The second kappa shape index (κ2) is 8.64. The van der Waals surface area contributed by atoms with Crippen molar-refractivity contribution in [1.82, 2.24) is 0 Å². The summed E-state index contributed by atoms with van der Waals surface area (Å²) in [7, 11) is 0. The van der Waals surface area contributed by atoms with Crippen LogP contribution in [0, 0.1) is 0 Å². The highest BCUT2D eigenvalue weighted by atomic mass is 35.5. The maximum absolute atomic E-state index is 5.83. The van der Waals surface area contributed by atoms with Crippen LogP contribution in [0.2, 0.25) is 10.0 Å². The molecular weight excluding hydrogens is 341 g/mol. The van der Waals surface area contributed by atoms with E-state index in [0.29, 0.717) is 5.02 Å². The monoisotopic (exact) mass is 367 g/mol. The number of benzene rings is 2.